The molecule has 0 aliphatic carbocycles. The molecular weight excluding hydrogens is 1820 g/mol. The molecule has 702 valence electrons. The van der Waals surface area contributed by atoms with E-state index in [1.165, 1.54) is 55.1 Å². The third-order valence-corrected chi connectivity index (χ3v) is 27.9. The van der Waals surface area contributed by atoms with Crippen LogP contribution in [0.3, 0.4) is 0 Å². The Bertz CT molecular complexity index is 9400. The lowest BCUT2D eigenvalue weighted by atomic mass is 9.92. The molecule has 0 fully saturated rings. The summed E-state index contributed by atoms with van der Waals surface area (Å²) in [7, 11) is 0. The van der Waals surface area contributed by atoms with Gasteiger partial charge in [0.25, 0.3) is 0 Å². The fraction of sp³-hybridized carbons (Fsp3) is 0. The average Bonchev–Trinajstić information content (AvgIpc) is 0.749. The van der Waals surface area contributed by atoms with Gasteiger partial charge in [0.2, 0.25) is 0 Å². The van der Waals surface area contributed by atoms with Gasteiger partial charge >= 0.3 is 0 Å². The second-order valence-corrected chi connectivity index (χ2v) is 37.3. The number of hydrogen-bond acceptors (Lipinski definition) is 9. The van der Waals surface area contributed by atoms with Crippen LogP contribution in [0, 0.1) is 0 Å². The van der Waals surface area contributed by atoms with E-state index in [0.717, 1.165) is 195 Å². The van der Waals surface area contributed by atoms with Crippen LogP contribution in [0.4, 0.5) is 0 Å². The van der Waals surface area contributed by atoms with Gasteiger partial charge in [0.1, 0.15) is 0 Å². The first kappa shape index (κ1) is 91.1. The second-order valence-electron chi connectivity index (χ2n) is 37.3. The molecule has 0 aliphatic rings. The molecule has 0 aliphatic heterocycles. The minimum atomic E-state index is 0.690. The van der Waals surface area contributed by atoms with E-state index in [2.05, 4.69) is 473 Å². The molecule has 150 heavy (non-hydrogen) atoms. The summed E-state index contributed by atoms with van der Waals surface area (Å²) in [5.74, 6) is 2.11. The number of fused-ring (bicyclic) bond motifs is 9. The van der Waals surface area contributed by atoms with Crippen LogP contribution in [0.1, 0.15) is 0 Å². The lowest BCUT2D eigenvalue weighted by Crippen LogP contribution is -1.96. The van der Waals surface area contributed by atoms with Crippen molar-refractivity contribution in [2.45, 2.75) is 0 Å². The van der Waals surface area contributed by atoms with Gasteiger partial charge in [0, 0.05) is 115 Å². The first-order valence-electron chi connectivity index (χ1n) is 50.6. The van der Waals surface area contributed by atoms with Crippen molar-refractivity contribution in [3.8, 4) is 202 Å². The van der Waals surface area contributed by atoms with Gasteiger partial charge < -0.3 is 0 Å². The fourth-order valence-corrected chi connectivity index (χ4v) is 20.4. The van der Waals surface area contributed by atoms with Crippen molar-refractivity contribution in [3.05, 3.63) is 564 Å². The van der Waals surface area contributed by atoms with Crippen LogP contribution < -0.4 is 0 Å². The lowest BCUT2D eigenvalue weighted by Gasteiger charge is -2.15. The van der Waals surface area contributed by atoms with E-state index in [1.54, 1.807) is 0 Å². The van der Waals surface area contributed by atoms with Crippen LogP contribution in [0.2, 0.25) is 0 Å². The Kier molecular flexibility index (Phi) is 25.1. The maximum atomic E-state index is 5.19. The minimum absolute atomic E-state index is 0.690. The summed E-state index contributed by atoms with van der Waals surface area (Å²) < 4.78 is 0. The molecule has 0 unspecified atom stereocenters. The predicted octanol–water partition coefficient (Wildman–Crippen LogP) is 36.5. The summed E-state index contributed by atoms with van der Waals surface area (Å²) >= 11 is 0. The molecule has 27 aromatic rings. The molecule has 0 saturated heterocycles. The van der Waals surface area contributed by atoms with Crippen LogP contribution >= 0.6 is 0 Å². The molecule has 9 heteroatoms. The van der Waals surface area contributed by atoms with Gasteiger partial charge in [-0.3, -0.25) is 0 Å². The van der Waals surface area contributed by atoms with Gasteiger partial charge in [-0.25, -0.2) is 44.9 Å². The maximum absolute atomic E-state index is 5.19. The van der Waals surface area contributed by atoms with Crippen LogP contribution in [-0.4, -0.2) is 44.9 Å². The summed E-state index contributed by atoms with van der Waals surface area (Å²) in [5.41, 5.74) is 37.8. The van der Waals surface area contributed by atoms with Gasteiger partial charge in [0.15, 0.2) is 17.5 Å². The zero-order valence-corrected chi connectivity index (χ0v) is 81.7. The quantitative estimate of drug-likeness (QED) is 0.0774. The fourth-order valence-electron chi connectivity index (χ4n) is 20.4. The number of hydrogen-bond donors (Lipinski definition) is 0. The van der Waals surface area contributed by atoms with Crippen molar-refractivity contribution in [2.24, 2.45) is 0 Å². The molecule has 21 aromatic carbocycles. The zero-order chi connectivity index (χ0) is 99.8. The van der Waals surface area contributed by atoms with Crippen molar-refractivity contribution in [2.75, 3.05) is 0 Å². The number of pyridine rings is 3. The normalized spacial score (nSPS) is 11.2. The molecule has 0 amide bonds. The summed E-state index contributed by atoms with van der Waals surface area (Å²) in [5, 5.41) is 10.5. The monoisotopic (exact) mass is 1910 g/mol. The van der Waals surface area contributed by atoms with Crippen LogP contribution in [0.15, 0.2) is 564 Å². The molecule has 27 rings (SSSR count). The Hall–Kier alpha value is -20.1. The van der Waals surface area contributed by atoms with E-state index in [4.69, 9.17) is 44.9 Å². The topological polar surface area (TPSA) is 116 Å². The molecule has 0 saturated carbocycles. The average molecular weight is 1910 g/mol. The first-order valence-corrected chi connectivity index (χ1v) is 50.6. The lowest BCUT2D eigenvalue weighted by molar-refractivity contribution is 1.18. The Labute approximate surface area is 870 Å². The number of nitrogens with zero attached hydrogens (tertiary/aromatic N) is 9. The molecule has 0 N–H and O–H groups in total. The summed E-state index contributed by atoms with van der Waals surface area (Å²) in [4.78, 5) is 45.9. The Morgan fingerprint density at radius 1 is 0.100 bits per heavy atom. The molecule has 0 atom stereocenters. The smallest absolute Gasteiger partial charge is 0.160 e. The van der Waals surface area contributed by atoms with Crippen LogP contribution in [0.25, 0.3) is 267 Å². The van der Waals surface area contributed by atoms with E-state index >= 15 is 0 Å². The van der Waals surface area contributed by atoms with Gasteiger partial charge in [-0.1, -0.05) is 528 Å². The van der Waals surface area contributed by atoms with Gasteiger partial charge in [-0.2, -0.15) is 0 Å². The minimum Gasteiger partial charge on any atom is -0.247 e. The standard InChI is InChI=1S/C53H35N3.C47H31N3.C41H27N3/c1-4-13-36(14-5-1)38-23-29-41(30-24-38)49-35-50(56-53(55-49)44-33-25-39(26-34-44)37-15-6-2-7-16-37)42-31-27-40(28-32-42)45-20-12-21-47-51(45)46-19-10-11-22-48(46)54-52(47)43-17-8-3-9-18-43;1-4-13-32(14-5-1)33-23-29-38(30-24-33)47-49-43(35-15-6-2-7-16-35)31-44(50-47)36-27-25-34(26-28-36)39-20-12-21-41-45(39)40-19-10-11-22-42(40)48-46(41)37-17-8-3-9-18-37;1-4-13-29(14-5-1)37-27-38(44-41(43-37)32-17-8-3-9-18-32)30-25-23-28(24-26-30)33-20-12-21-35-39(33)34-19-10-11-22-36(34)42-40(35)31-15-6-2-7-16-31/h1-35H;1-31H;1-27H. The molecule has 0 spiro atoms. The molecule has 6 heterocycles. The summed E-state index contributed by atoms with van der Waals surface area (Å²) in [6.45, 7) is 0. The third kappa shape index (κ3) is 18.8. The maximum Gasteiger partial charge on any atom is 0.160 e. The summed E-state index contributed by atoms with van der Waals surface area (Å²) in [6, 6.07) is 197. The number of benzene rings is 21. The van der Waals surface area contributed by atoms with Crippen molar-refractivity contribution in [3.63, 3.8) is 0 Å². The SMILES string of the molecule is c1ccc(-c2cc(-c3ccc(-c4cccc5c(-c6ccccc6)nc6ccccc6c45)cc3)nc(-c3ccccc3)n2)cc1.c1ccc(-c2ccc(-c3cc(-c4ccc(-c5cccc6c(-c7ccccc7)nc7ccccc7c56)cc4)nc(-c4ccc(-c5ccccc5)cc4)n3)cc2)cc1.c1ccc(-c2ccc(-c3nc(-c4ccccc4)cc(-c4ccc(-c5cccc6c(-c7ccccc7)nc7ccccc7c56)cc4)n3)cc2)cc1. The molecule has 0 bridgehead atoms. The first-order chi connectivity index (χ1) is 74.3. The van der Waals surface area contributed by atoms with E-state index in [-0.39, 0.29) is 0 Å². The highest BCUT2D eigenvalue weighted by atomic mass is 14.9. The van der Waals surface area contributed by atoms with E-state index in [0.29, 0.717) is 17.5 Å². The van der Waals surface area contributed by atoms with Gasteiger partial charge in [-0.15, -0.1) is 0 Å². The highest BCUT2D eigenvalue weighted by molar-refractivity contribution is 6.20. The highest BCUT2D eigenvalue weighted by Gasteiger charge is 2.23. The van der Waals surface area contributed by atoms with Gasteiger partial charge in [-0.05, 0) is 103 Å². The Morgan fingerprint density at radius 3 is 0.500 bits per heavy atom. The van der Waals surface area contributed by atoms with Crippen LogP contribution in [0.5, 0.6) is 0 Å². The summed E-state index contributed by atoms with van der Waals surface area (Å²) in [6.07, 6.45) is 0. The van der Waals surface area contributed by atoms with E-state index in [9.17, 15) is 0 Å². The van der Waals surface area contributed by atoms with Crippen LogP contribution in [-0.2, 0) is 0 Å². The van der Waals surface area contributed by atoms with E-state index in [1.807, 2.05) is 91.0 Å². The zero-order valence-electron chi connectivity index (χ0n) is 81.7. The van der Waals surface area contributed by atoms with Crippen molar-refractivity contribution >= 4 is 65.0 Å². The number of para-hydroxylation sites is 3. The number of aromatic nitrogens is 9. The van der Waals surface area contributed by atoms with E-state index < -0.39 is 0 Å². The van der Waals surface area contributed by atoms with Gasteiger partial charge in [0.05, 0.1) is 67.8 Å². The third-order valence-electron chi connectivity index (χ3n) is 27.9. The molecule has 0 radical (unpaired) electrons. The largest absolute Gasteiger partial charge is 0.247 e. The second kappa shape index (κ2) is 41.3. The number of rotatable bonds is 18. The molecular formula is C141H93N9. The van der Waals surface area contributed by atoms with Crippen molar-refractivity contribution in [1.29, 1.82) is 0 Å². The molecule has 9 nitrogen and oxygen atoms in total. The van der Waals surface area contributed by atoms with Crippen molar-refractivity contribution in [1.82, 2.24) is 44.9 Å². The Morgan fingerprint density at radius 2 is 0.260 bits per heavy atom. The predicted molar refractivity (Wildman–Crippen MR) is 622 cm³/mol. The molecule has 6 aromatic heterocycles. The van der Waals surface area contributed by atoms with Crippen molar-refractivity contribution < 1.29 is 0 Å². The highest BCUT2D eigenvalue weighted by Crippen LogP contribution is 2.46. The Balaban J connectivity index is 0.000000117.